The van der Waals surface area contributed by atoms with Gasteiger partial charge >= 0.3 is 0 Å². The van der Waals surface area contributed by atoms with E-state index in [9.17, 15) is 9.50 Å². The van der Waals surface area contributed by atoms with Crippen LogP contribution in [0.5, 0.6) is 5.75 Å². The molecule has 1 aliphatic rings. The molecule has 1 aliphatic carbocycles. The van der Waals surface area contributed by atoms with E-state index in [0.717, 1.165) is 19.3 Å². The first kappa shape index (κ1) is 12.8. The third-order valence-corrected chi connectivity index (χ3v) is 3.37. The molecule has 1 N–H and O–H groups in total. The van der Waals surface area contributed by atoms with Gasteiger partial charge in [-0.3, -0.25) is 0 Å². The lowest BCUT2D eigenvalue weighted by Crippen LogP contribution is -2.38. The molecule has 0 spiro atoms. The second-order valence-electron chi connectivity index (χ2n) is 4.80. The van der Waals surface area contributed by atoms with Gasteiger partial charge in [-0.15, -0.1) is 0 Å². The van der Waals surface area contributed by atoms with Crippen LogP contribution in [0, 0.1) is 17.1 Å². The summed E-state index contributed by atoms with van der Waals surface area (Å²) in [4.78, 5) is 0. The normalized spacial score (nSPS) is 18.1. The molecule has 3 nitrogen and oxygen atoms in total. The largest absolute Gasteiger partial charge is 0.489 e. The molecule has 0 saturated heterocycles. The molecule has 18 heavy (non-hydrogen) atoms. The maximum Gasteiger partial charge on any atom is 0.144 e. The molecule has 0 unspecified atom stereocenters. The zero-order valence-corrected chi connectivity index (χ0v) is 10.2. The summed E-state index contributed by atoms with van der Waals surface area (Å²) in [6.45, 7) is 0.116. The number of benzene rings is 1. The Morgan fingerprint density at radius 3 is 2.72 bits per heavy atom. The first-order valence-electron chi connectivity index (χ1n) is 6.18. The number of nitriles is 1. The highest BCUT2D eigenvalue weighted by Gasteiger charge is 2.30. The van der Waals surface area contributed by atoms with Crippen LogP contribution in [0.1, 0.15) is 37.7 Å². The zero-order chi connectivity index (χ0) is 13.0. The number of aliphatic hydroxyl groups is 1. The first-order chi connectivity index (χ1) is 8.64. The van der Waals surface area contributed by atoms with Crippen molar-refractivity contribution in [3.63, 3.8) is 0 Å². The van der Waals surface area contributed by atoms with Gasteiger partial charge in [0.2, 0.25) is 0 Å². The summed E-state index contributed by atoms with van der Waals surface area (Å²) in [5, 5.41) is 19.1. The lowest BCUT2D eigenvalue weighted by atomic mass is 9.85. The molecule has 4 heteroatoms. The molecule has 1 saturated carbocycles. The minimum atomic E-state index is -0.836. The average molecular weight is 249 g/mol. The van der Waals surface area contributed by atoms with Crippen molar-refractivity contribution in [2.75, 3.05) is 6.61 Å². The fourth-order valence-electron chi connectivity index (χ4n) is 2.30. The van der Waals surface area contributed by atoms with E-state index >= 15 is 0 Å². The third-order valence-electron chi connectivity index (χ3n) is 3.37. The van der Waals surface area contributed by atoms with Crippen LogP contribution in [-0.4, -0.2) is 17.3 Å². The summed E-state index contributed by atoms with van der Waals surface area (Å²) in [5.41, 5.74) is -0.936. The van der Waals surface area contributed by atoms with Gasteiger partial charge in [-0.25, -0.2) is 4.39 Å². The van der Waals surface area contributed by atoms with Crippen molar-refractivity contribution in [2.45, 2.75) is 37.7 Å². The van der Waals surface area contributed by atoms with Crippen LogP contribution < -0.4 is 4.74 Å². The van der Waals surface area contributed by atoms with Gasteiger partial charge < -0.3 is 9.84 Å². The van der Waals surface area contributed by atoms with E-state index in [-0.39, 0.29) is 17.9 Å². The second-order valence-corrected chi connectivity index (χ2v) is 4.80. The Morgan fingerprint density at radius 1 is 1.33 bits per heavy atom. The molecule has 0 bridgehead atoms. The Labute approximate surface area is 106 Å². The molecule has 2 rings (SSSR count). The molecule has 96 valence electrons. The predicted molar refractivity (Wildman–Crippen MR) is 64.6 cm³/mol. The van der Waals surface area contributed by atoms with Crippen LogP contribution >= 0.6 is 0 Å². The molecule has 0 atom stereocenters. The van der Waals surface area contributed by atoms with E-state index in [0.29, 0.717) is 12.8 Å². The van der Waals surface area contributed by atoms with E-state index < -0.39 is 11.4 Å². The molecule has 0 heterocycles. The number of rotatable bonds is 3. The molecule has 1 aromatic rings. The van der Waals surface area contributed by atoms with Gasteiger partial charge in [0.05, 0.1) is 5.60 Å². The molecular weight excluding hydrogens is 233 g/mol. The minimum Gasteiger partial charge on any atom is -0.489 e. The number of hydrogen-bond donors (Lipinski definition) is 1. The Kier molecular flexibility index (Phi) is 3.83. The highest BCUT2D eigenvalue weighted by atomic mass is 19.1. The molecule has 0 amide bonds. The average Bonchev–Trinajstić information content (AvgIpc) is 2.37. The number of ether oxygens (including phenoxy) is 1. The lowest BCUT2D eigenvalue weighted by molar-refractivity contribution is -0.0340. The molecule has 0 aliphatic heterocycles. The highest BCUT2D eigenvalue weighted by Crippen LogP contribution is 2.29. The van der Waals surface area contributed by atoms with Crippen LogP contribution in [0.15, 0.2) is 18.2 Å². The summed E-state index contributed by atoms with van der Waals surface area (Å²) in [7, 11) is 0. The molecule has 1 aromatic carbocycles. The smallest absolute Gasteiger partial charge is 0.144 e. The van der Waals surface area contributed by atoms with E-state index in [2.05, 4.69) is 0 Å². The van der Waals surface area contributed by atoms with Crippen LogP contribution in [0.3, 0.4) is 0 Å². The van der Waals surface area contributed by atoms with Crippen molar-refractivity contribution < 1.29 is 14.2 Å². The topological polar surface area (TPSA) is 53.2 Å². The monoisotopic (exact) mass is 249 g/mol. The summed E-state index contributed by atoms with van der Waals surface area (Å²) in [6, 6.07) is 6.05. The van der Waals surface area contributed by atoms with Gasteiger partial charge in [0.25, 0.3) is 0 Å². The SMILES string of the molecule is N#Cc1c(F)cccc1OCC1(O)CCCCC1. The fraction of sp³-hybridized carbons (Fsp3) is 0.500. The van der Waals surface area contributed by atoms with Gasteiger partial charge in [-0.1, -0.05) is 25.3 Å². The summed E-state index contributed by atoms with van der Waals surface area (Å²) in [5.74, 6) is -0.387. The van der Waals surface area contributed by atoms with Crippen molar-refractivity contribution in [3.05, 3.63) is 29.6 Å². The quantitative estimate of drug-likeness (QED) is 0.896. The predicted octanol–water partition coefficient (Wildman–Crippen LogP) is 2.77. The van der Waals surface area contributed by atoms with Crippen LogP contribution in [0.25, 0.3) is 0 Å². The zero-order valence-electron chi connectivity index (χ0n) is 10.2. The Morgan fingerprint density at radius 2 is 2.06 bits per heavy atom. The Bertz CT molecular complexity index is 461. The lowest BCUT2D eigenvalue weighted by Gasteiger charge is -2.31. The number of hydrogen-bond acceptors (Lipinski definition) is 3. The van der Waals surface area contributed by atoms with Gasteiger partial charge in [0.1, 0.15) is 29.8 Å². The maximum absolute atomic E-state index is 13.3. The van der Waals surface area contributed by atoms with Crippen LogP contribution in [0.2, 0.25) is 0 Å². The van der Waals surface area contributed by atoms with E-state index in [1.807, 2.05) is 0 Å². The van der Waals surface area contributed by atoms with Gasteiger partial charge in [-0.2, -0.15) is 5.26 Å². The molecular formula is C14H16FNO2. The third kappa shape index (κ3) is 2.80. The van der Waals surface area contributed by atoms with Crippen molar-refractivity contribution in [1.82, 2.24) is 0 Å². The summed E-state index contributed by atoms with van der Waals surface area (Å²) >= 11 is 0. The van der Waals surface area contributed by atoms with Gasteiger partial charge in [0, 0.05) is 0 Å². The first-order valence-corrected chi connectivity index (χ1v) is 6.18. The molecule has 0 aromatic heterocycles. The Hall–Kier alpha value is -1.60. The second kappa shape index (κ2) is 5.36. The van der Waals surface area contributed by atoms with Crippen molar-refractivity contribution in [2.24, 2.45) is 0 Å². The van der Waals surface area contributed by atoms with E-state index in [4.69, 9.17) is 10.00 Å². The minimum absolute atomic E-state index is 0.100. The van der Waals surface area contributed by atoms with E-state index in [1.165, 1.54) is 12.1 Å². The van der Waals surface area contributed by atoms with Crippen molar-refractivity contribution in [1.29, 1.82) is 5.26 Å². The maximum atomic E-state index is 13.3. The van der Waals surface area contributed by atoms with E-state index in [1.54, 1.807) is 12.1 Å². The fourth-order valence-corrected chi connectivity index (χ4v) is 2.30. The number of nitrogens with zero attached hydrogens (tertiary/aromatic N) is 1. The van der Waals surface area contributed by atoms with Gasteiger partial charge in [0.15, 0.2) is 0 Å². The van der Waals surface area contributed by atoms with Crippen LogP contribution in [0.4, 0.5) is 4.39 Å². The van der Waals surface area contributed by atoms with Crippen LogP contribution in [-0.2, 0) is 0 Å². The number of halogens is 1. The molecule has 0 radical (unpaired) electrons. The molecule has 1 fully saturated rings. The summed E-state index contributed by atoms with van der Waals surface area (Å²) < 4.78 is 18.8. The summed E-state index contributed by atoms with van der Waals surface area (Å²) in [6.07, 6.45) is 4.49. The highest BCUT2D eigenvalue weighted by molar-refractivity contribution is 5.43. The van der Waals surface area contributed by atoms with Crippen molar-refractivity contribution >= 4 is 0 Å². The standard InChI is InChI=1S/C14H16FNO2/c15-12-5-4-6-13(11(12)9-16)18-10-14(17)7-2-1-3-8-14/h4-6,17H,1-3,7-8,10H2. The van der Waals surface area contributed by atoms with Crippen molar-refractivity contribution in [3.8, 4) is 11.8 Å². The Balaban J connectivity index is 2.06. The van der Waals surface area contributed by atoms with Gasteiger partial charge in [-0.05, 0) is 25.0 Å².